The van der Waals surface area contributed by atoms with Gasteiger partial charge in [-0.25, -0.2) is 10.1 Å². The van der Waals surface area contributed by atoms with E-state index in [0.717, 1.165) is 10.5 Å². The van der Waals surface area contributed by atoms with Crippen LogP contribution in [0.25, 0.3) is 5.82 Å². The minimum Gasteiger partial charge on any atom is -0.378 e. The Morgan fingerprint density at radius 1 is 1.12 bits per heavy atom. The number of aromatic nitrogens is 5. The summed E-state index contributed by atoms with van der Waals surface area (Å²) in [6.07, 6.45) is 1.49. The summed E-state index contributed by atoms with van der Waals surface area (Å²) >= 11 is 13.3. The van der Waals surface area contributed by atoms with Gasteiger partial charge in [0.15, 0.2) is 5.69 Å². The van der Waals surface area contributed by atoms with Gasteiger partial charge >= 0.3 is 0 Å². The van der Waals surface area contributed by atoms with Crippen LogP contribution in [0.3, 0.4) is 0 Å². The van der Waals surface area contributed by atoms with Crippen molar-refractivity contribution < 1.29 is 9.42 Å². The maximum atomic E-state index is 12.8. The molecule has 0 aliphatic carbocycles. The summed E-state index contributed by atoms with van der Waals surface area (Å²) in [4.78, 5) is 13.7. The van der Waals surface area contributed by atoms with Crippen LogP contribution < -0.4 is 11.2 Å². The minimum absolute atomic E-state index is 0.0142. The predicted molar refractivity (Wildman–Crippen MR) is 121 cm³/mol. The topological polar surface area (TPSA) is 137 Å². The first kappa shape index (κ1) is 21.8. The standard InChI is InChI=1S/C19H14Cl2N8O2S/c20-12-3-1-11(2-4-12)9-23-25-19(30)16-15(10-32-14-7-5-13(21)6-8-14)29(28-24-16)18-17(22)26-31-27-18/h1-9H,10H2,(H2,22,26)(H,25,30). The fraction of sp³-hybridized carbons (Fsp3) is 0.0526. The predicted octanol–water partition coefficient (Wildman–Crippen LogP) is 3.60. The molecular formula is C19H14Cl2N8O2S. The Morgan fingerprint density at radius 3 is 2.47 bits per heavy atom. The average Bonchev–Trinajstić information content (AvgIpc) is 3.40. The van der Waals surface area contributed by atoms with Crippen LogP contribution in [0.4, 0.5) is 5.82 Å². The van der Waals surface area contributed by atoms with Gasteiger partial charge in [-0.1, -0.05) is 40.5 Å². The monoisotopic (exact) mass is 488 g/mol. The molecule has 0 saturated heterocycles. The smallest absolute Gasteiger partial charge is 0.293 e. The van der Waals surface area contributed by atoms with Crippen molar-refractivity contribution in [3.8, 4) is 5.82 Å². The van der Waals surface area contributed by atoms with E-state index in [9.17, 15) is 4.79 Å². The maximum Gasteiger partial charge on any atom is 0.293 e. The first-order chi connectivity index (χ1) is 15.5. The number of amides is 1. The number of thioether (sulfide) groups is 1. The third-order valence-corrected chi connectivity index (χ3v) is 5.64. The lowest BCUT2D eigenvalue weighted by Gasteiger charge is -2.06. The Balaban J connectivity index is 1.56. The Labute approximate surface area is 195 Å². The van der Waals surface area contributed by atoms with E-state index in [0.29, 0.717) is 21.5 Å². The number of hydrazone groups is 1. The molecule has 4 rings (SSSR count). The number of hydrogen-bond donors (Lipinski definition) is 2. The zero-order chi connectivity index (χ0) is 22.5. The summed E-state index contributed by atoms with van der Waals surface area (Å²) in [6.45, 7) is 0. The summed E-state index contributed by atoms with van der Waals surface area (Å²) in [5.74, 6) is -0.0820. The normalized spacial score (nSPS) is 11.2. The molecule has 32 heavy (non-hydrogen) atoms. The Kier molecular flexibility index (Phi) is 6.69. The molecule has 162 valence electrons. The molecule has 2 aromatic carbocycles. The number of nitrogens with zero attached hydrogens (tertiary/aromatic N) is 6. The van der Waals surface area contributed by atoms with Gasteiger partial charge in [0.25, 0.3) is 5.91 Å². The van der Waals surface area contributed by atoms with Crippen molar-refractivity contribution in [2.75, 3.05) is 5.73 Å². The summed E-state index contributed by atoms with van der Waals surface area (Å²) in [6, 6.07) is 14.3. The van der Waals surface area contributed by atoms with Crippen molar-refractivity contribution in [2.24, 2.45) is 5.10 Å². The number of benzene rings is 2. The highest BCUT2D eigenvalue weighted by molar-refractivity contribution is 7.98. The van der Waals surface area contributed by atoms with Crippen LogP contribution in [0.1, 0.15) is 21.7 Å². The van der Waals surface area contributed by atoms with E-state index in [1.54, 1.807) is 36.4 Å². The van der Waals surface area contributed by atoms with Gasteiger partial charge in [-0.05, 0) is 52.3 Å². The number of carbonyl (C=O) groups is 1. The number of nitrogens with two attached hydrogens (primary N) is 1. The number of nitrogens with one attached hydrogen (secondary N) is 1. The van der Waals surface area contributed by atoms with E-state index in [2.05, 4.69) is 35.8 Å². The lowest BCUT2D eigenvalue weighted by atomic mass is 10.2. The summed E-state index contributed by atoms with van der Waals surface area (Å²) in [5, 5.41) is 20.5. The quantitative estimate of drug-likeness (QED) is 0.228. The minimum atomic E-state index is -0.553. The van der Waals surface area contributed by atoms with Gasteiger partial charge in [0.05, 0.1) is 11.9 Å². The van der Waals surface area contributed by atoms with Crippen molar-refractivity contribution in [1.29, 1.82) is 0 Å². The Morgan fingerprint density at radius 2 is 1.81 bits per heavy atom. The van der Waals surface area contributed by atoms with Gasteiger partial charge in [-0.15, -0.1) is 16.9 Å². The summed E-state index contributed by atoms with van der Waals surface area (Å²) < 4.78 is 5.97. The highest BCUT2D eigenvalue weighted by Crippen LogP contribution is 2.27. The second kappa shape index (κ2) is 9.81. The molecule has 13 heteroatoms. The van der Waals surface area contributed by atoms with Crippen molar-refractivity contribution >= 4 is 52.9 Å². The van der Waals surface area contributed by atoms with E-state index in [4.69, 9.17) is 28.9 Å². The number of nitrogen functional groups attached to an aromatic ring is 1. The third-order valence-electron chi connectivity index (χ3n) is 4.11. The summed E-state index contributed by atoms with van der Waals surface area (Å²) in [7, 11) is 0. The van der Waals surface area contributed by atoms with E-state index < -0.39 is 5.91 Å². The van der Waals surface area contributed by atoms with Crippen LogP contribution in [0.5, 0.6) is 0 Å². The average molecular weight is 489 g/mol. The fourth-order valence-corrected chi connectivity index (χ4v) is 3.71. The zero-order valence-electron chi connectivity index (χ0n) is 16.1. The van der Waals surface area contributed by atoms with Gasteiger partial charge in [0.2, 0.25) is 11.6 Å². The van der Waals surface area contributed by atoms with Crippen LogP contribution in [0.15, 0.2) is 63.2 Å². The molecule has 0 aliphatic rings. The number of anilines is 1. The molecule has 0 unspecified atom stereocenters. The van der Waals surface area contributed by atoms with E-state index >= 15 is 0 Å². The molecule has 0 saturated carbocycles. The van der Waals surface area contributed by atoms with Gasteiger partial charge < -0.3 is 5.73 Å². The van der Waals surface area contributed by atoms with Gasteiger partial charge in [-0.3, -0.25) is 4.79 Å². The maximum absolute atomic E-state index is 12.8. The van der Waals surface area contributed by atoms with Crippen LogP contribution in [0.2, 0.25) is 10.0 Å². The molecule has 0 bridgehead atoms. The van der Waals surface area contributed by atoms with Crippen molar-refractivity contribution in [3.05, 3.63) is 75.5 Å². The Hall–Kier alpha value is -3.41. The van der Waals surface area contributed by atoms with Gasteiger partial charge in [0, 0.05) is 20.7 Å². The van der Waals surface area contributed by atoms with E-state index in [-0.39, 0.29) is 17.3 Å². The number of rotatable bonds is 7. The molecule has 0 radical (unpaired) electrons. The second-order valence-electron chi connectivity index (χ2n) is 6.26. The summed E-state index contributed by atoms with van der Waals surface area (Å²) in [5.41, 5.74) is 9.50. The first-order valence-corrected chi connectivity index (χ1v) is 10.8. The molecule has 2 heterocycles. The molecule has 10 nitrogen and oxygen atoms in total. The zero-order valence-corrected chi connectivity index (χ0v) is 18.5. The highest BCUT2D eigenvalue weighted by atomic mass is 35.5. The number of carbonyl (C=O) groups excluding carboxylic acids is 1. The molecule has 0 fully saturated rings. The molecular weight excluding hydrogens is 475 g/mol. The van der Waals surface area contributed by atoms with E-state index in [1.165, 1.54) is 22.7 Å². The molecule has 0 aliphatic heterocycles. The van der Waals surface area contributed by atoms with Crippen LogP contribution in [-0.2, 0) is 5.75 Å². The molecule has 1 amide bonds. The molecule has 0 atom stereocenters. The van der Waals surface area contributed by atoms with Crippen LogP contribution in [-0.4, -0.2) is 37.4 Å². The largest absolute Gasteiger partial charge is 0.378 e. The van der Waals surface area contributed by atoms with Gasteiger partial charge in [-0.2, -0.15) is 9.78 Å². The molecule has 2 aromatic heterocycles. The SMILES string of the molecule is Nc1nonc1-n1nnc(C(=O)NN=Cc2ccc(Cl)cc2)c1CSc1ccc(Cl)cc1. The second-order valence-corrected chi connectivity index (χ2v) is 8.18. The third kappa shape index (κ3) is 5.07. The van der Waals surface area contributed by atoms with Crippen molar-refractivity contribution in [3.63, 3.8) is 0 Å². The van der Waals surface area contributed by atoms with Gasteiger partial charge in [0.1, 0.15) is 0 Å². The Bertz CT molecular complexity index is 1260. The lowest BCUT2D eigenvalue weighted by molar-refractivity contribution is 0.0949. The van der Waals surface area contributed by atoms with Crippen LogP contribution >= 0.6 is 35.0 Å². The molecule has 3 N–H and O–H groups in total. The number of hydrogen-bond acceptors (Lipinski definition) is 9. The van der Waals surface area contributed by atoms with E-state index in [1.807, 2.05) is 12.1 Å². The van der Waals surface area contributed by atoms with Crippen molar-refractivity contribution in [1.82, 2.24) is 30.7 Å². The van der Waals surface area contributed by atoms with Crippen LogP contribution in [0, 0.1) is 0 Å². The first-order valence-electron chi connectivity index (χ1n) is 9.01. The molecule has 0 spiro atoms. The number of halogens is 2. The fourth-order valence-electron chi connectivity index (χ4n) is 2.57. The highest BCUT2D eigenvalue weighted by Gasteiger charge is 2.24. The van der Waals surface area contributed by atoms with Crippen molar-refractivity contribution in [2.45, 2.75) is 10.6 Å². The lowest BCUT2D eigenvalue weighted by Crippen LogP contribution is -2.20. The molecule has 4 aromatic rings.